The number of carbonyl (C=O) groups is 2. The van der Waals surface area contributed by atoms with Crippen LogP contribution >= 0.6 is 23.4 Å². The molecule has 2 fully saturated rings. The molecule has 1 heterocycles. The van der Waals surface area contributed by atoms with Crippen LogP contribution in [-0.4, -0.2) is 35.3 Å². The van der Waals surface area contributed by atoms with E-state index in [0.717, 1.165) is 31.0 Å². The molecule has 5 nitrogen and oxygen atoms in total. The summed E-state index contributed by atoms with van der Waals surface area (Å²) < 4.78 is 11.7. The highest BCUT2D eigenvalue weighted by Crippen LogP contribution is 2.40. The first-order valence-electron chi connectivity index (χ1n) is 10.8. The van der Waals surface area contributed by atoms with Crippen LogP contribution in [0.15, 0.2) is 17.0 Å². The van der Waals surface area contributed by atoms with Gasteiger partial charge in [0, 0.05) is 6.54 Å². The maximum atomic E-state index is 12.9. The summed E-state index contributed by atoms with van der Waals surface area (Å²) in [6.45, 7) is 6.90. The van der Waals surface area contributed by atoms with Crippen molar-refractivity contribution in [3.63, 3.8) is 0 Å². The number of thioether (sulfide) groups is 1. The molecule has 0 radical (unpaired) electrons. The molecule has 2 aliphatic rings. The molecule has 0 bridgehead atoms. The minimum absolute atomic E-state index is 0.00356. The van der Waals surface area contributed by atoms with Gasteiger partial charge in [0.2, 0.25) is 0 Å². The van der Waals surface area contributed by atoms with Crippen LogP contribution in [0.1, 0.15) is 64.9 Å². The Hall–Kier alpha value is -1.66. The van der Waals surface area contributed by atoms with E-state index in [0.29, 0.717) is 46.1 Å². The van der Waals surface area contributed by atoms with Crippen LogP contribution in [0.5, 0.6) is 11.5 Å². The maximum absolute atomic E-state index is 12.9. The quantitative estimate of drug-likeness (QED) is 0.420. The number of halogens is 1. The molecule has 3 rings (SSSR count). The number of nitrogens with zero attached hydrogens (tertiary/aromatic N) is 1. The van der Waals surface area contributed by atoms with Gasteiger partial charge in [-0.1, -0.05) is 37.8 Å². The zero-order valence-corrected chi connectivity index (χ0v) is 19.5. The van der Waals surface area contributed by atoms with Gasteiger partial charge in [-0.2, -0.15) is 0 Å². The third kappa shape index (κ3) is 5.52. The van der Waals surface area contributed by atoms with E-state index in [2.05, 4.69) is 0 Å². The molecule has 164 valence electrons. The van der Waals surface area contributed by atoms with Crippen LogP contribution in [0.25, 0.3) is 6.08 Å². The first-order chi connectivity index (χ1) is 14.4. The highest BCUT2D eigenvalue weighted by atomic mass is 35.5. The van der Waals surface area contributed by atoms with Crippen LogP contribution in [0.4, 0.5) is 4.79 Å². The molecule has 0 N–H and O–H groups in total. The van der Waals surface area contributed by atoms with Crippen LogP contribution in [0, 0.1) is 5.92 Å². The standard InChI is InChI=1S/C23H30ClNO4S/c1-4-15(3)29-21-18(24)11-17(12-19(21)28-5-2)13-20-22(26)25(23(27)30-20)14-16-9-7-6-8-10-16/h11-13,15-16H,4-10,14H2,1-3H3/b20-13+/t15-/m1/s1. The molecule has 0 spiro atoms. The molecule has 2 amide bonds. The van der Waals surface area contributed by atoms with Gasteiger partial charge in [-0.3, -0.25) is 14.5 Å². The van der Waals surface area contributed by atoms with Gasteiger partial charge in [0.1, 0.15) is 0 Å². The predicted octanol–water partition coefficient (Wildman–Crippen LogP) is 6.53. The Kier molecular flexibility index (Phi) is 8.12. The number of rotatable bonds is 8. The van der Waals surface area contributed by atoms with Crippen molar-refractivity contribution in [3.05, 3.63) is 27.6 Å². The molecule has 1 saturated heterocycles. The second kappa shape index (κ2) is 10.6. The summed E-state index contributed by atoms with van der Waals surface area (Å²) in [5, 5.41) is 0.235. The summed E-state index contributed by atoms with van der Waals surface area (Å²) in [5.41, 5.74) is 0.711. The van der Waals surface area contributed by atoms with E-state index in [1.165, 1.54) is 24.2 Å². The molecular weight excluding hydrogens is 422 g/mol. The lowest BCUT2D eigenvalue weighted by Gasteiger charge is -2.25. The Morgan fingerprint density at radius 3 is 2.63 bits per heavy atom. The highest BCUT2D eigenvalue weighted by Gasteiger charge is 2.36. The molecule has 0 unspecified atom stereocenters. The van der Waals surface area contributed by atoms with Gasteiger partial charge in [-0.25, -0.2) is 0 Å². The van der Waals surface area contributed by atoms with Crippen molar-refractivity contribution in [1.29, 1.82) is 0 Å². The minimum atomic E-state index is -0.218. The molecule has 1 aliphatic carbocycles. The summed E-state index contributed by atoms with van der Waals surface area (Å²) in [7, 11) is 0. The van der Waals surface area contributed by atoms with E-state index in [1.54, 1.807) is 12.1 Å². The minimum Gasteiger partial charge on any atom is -0.490 e. The second-order valence-corrected chi connectivity index (χ2v) is 9.30. The van der Waals surface area contributed by atoms with Gasteiger partial charge in [-0.15, -0.1) is 0 Å². The molecule has 7 heteroatoms. The van der Waals surface area contributed by atoms with E-state index < -0.39 is 0 Å². The third-order valence-corrected chi connectivity index (χ3v) is 6.75. The number of hydrogen-bond acceptors (Lipinski definition) is 5. The summed E-state index contributed by atoms with van der Waals surface area (Å²) >= 11 is 7.47. The number of amides is 2. The Bertz CT molecular complexity index is 820. The van der Waals surface area contributed by atoms with Gasteiger partial charge < -0.3 is 9.47 Å². The molecule has 30 heavy (non-hydrogen) atoms. The Morgan fingerprint density at radius 1 is 1.23 bits per heavy atom. The number of benzene rings is 1. The molecule has 1 atom stereocenters. The fraction of sp³-hybridized carbons (Fsp3) is 0.565. The topological polar surface area (TPSA) is 55.8 Å². The van der Waals surface area contributed by atoms with E-state index in [1.807, 2.05) is 26.8 Å². The van der Waals surface area contributed by atoms with E-state index in [4.69, 9.17) is 21.1 Å². The number of hydrogen-bond donors (Lipinski definition) is 0. The molecular formula is C23H30ClNO4S. The van der Waals surface area contributed by atoms with Gasteiger partial charge in [0.05, 0.1) is 22.6 Å². The summed E-state index contributed by atoms with van der Waals surface area (Å²) in [4.78, 5) is 27.2. The Morgan fingerprint density at radius 2 is 1.97 bits per heavy atom. The molecule has 0 aromatic heterocycles. The van der Waals surface area contributed by atoms with E-state index in [-0.39, 0.29) is 17.3 Å². The van der Waals surface area contributed by atoms with Crippen LogP contribution in [0.3, 0.4) is 0 Å². The van der Waals surface area contributed by atoms with Crippen molar-refractivity contribution >= 4 is 40.6 Å². The van der Waals surface area contributed by atoms with Gasteiger partial charge >= 0.3 is 0 Å². The zero-order valence-electron chi connectivity index (χ0n) is 17.9. The normalized spacial score (nSPS) is 20.1. The highest BCUT2D eigenvalue weighted by molar-refractivity contribution is 8.18. The lowest BCUT2D eigenvalue weighted by Crippen LogP contribution is -2.34. The second-order valence-electron chi connectivity index (χ2n) is 7.90. The fourth-order valence-electron chi connectivity index (χ4n) is 3.77. The van der Waals surface area contributed by atoms with Crippen molar-refractivity contribution < 1.29 is 19.1 Å². The molecule has 1 aromatic carbocycles. The first-order valence-corrected chi connectivity index (χ1v) is 12.0. The zero-order chi connectivity index (χ0) is 21.7. The van der Waals surface area contributed by atoms with Crippen molar-refractivity contribution in [1.82, 2.24) is 4.90 Å². The van der Waals surface area contributed by atoms with Crippen molar-refractivity contribution in [2.75, 3.05) is 13.2 Å². The monoisotopic (exact) mass is 451 g/mol. The lowest BCUT2D eigenvalue weighted by atomic mass is 9.89. The van der Waals surface area contributed by atoms with Crippen molar-refractivity contribution in [2.45, 2.75) is 65.4 Å². The smallest absolute Gasteiger partial charge is 0.293 e. The maximum Gasteiger partial charge on any atom is 0.293 e. The summed E-state index contributed by atoms with van der Waals surface area (Å²) in [6, 6.07) is 3.55. The predicted molar refractivity (Wildman–Crippen MR) is 122 cm³/mol. The fourth-order valence-corrected chi connectivity index (χ4v) is 4.88. The molecule has 1 aromatic rings. The lowest BCUT2D eigenvalue weighted by molar-refractivity contribution is -0.123. The largest absolute Gasteiger partial charge is 0.490 e. The van der Waals surface area contributed by atoms with Crippen molar-refractivity contribution in [3.8, 4) is 11.5 Å². The third-order valence-electron chi connectivity index (χ3n) is 5.56. The number of ether oxygens (including phenoxy) is 2. The van der Waals surface area contributed by atoms with Gasteiger partial charge in [0.25, 0.3) is 11.1 Å². The van der Waals surface area contributed by atoms with E-state index in [9.17, 15) is 9.59 Å². The number of imide groups is 1. The molecule has 1 aliphatic heterocycles. The van der Waals surface area contributed by atoms with Crippen LogP contribution < -0.4 is 9.47 Å². The molecule has 1 saturated carbocycles. The summed E-state index contributed by atoms with van der Waals surface area (Å²) in [5.74, 6) is 1.25. The SMILES string of the molecule is CCOc1cc(/C=C2/SC(=O)N(CC3CCCCC3)C2=O)cc(Cl)c1O[C@H](C)CC. The van der Waals surface area contributed by atoms with Crippen molar-refractivity contribution in [2.24, 2.45) is 5.92 Å². The van der Waals surface area contributed by atoms with E-state index >= 15 is 0 Å². The summed E-state index contributed by atoms with van der Waals surface area (Å²) in [6.07, 6.45) is 8.35. The Labute approximate surface area is 188 Å². The van der Waals surface area contributed by atoms with Gasteiger partial charge in [-0.05, 0) is 74.6 Å². The van der Waals surface area contributed by atoms with Crippen LogP contribution in [-0.2, 0) is 4.79 Å². The average molecular weight is 452 g/mol. The van der Waals surface area contributed by atoms with Gasteiger partial charge in [0.15, 0.2) is 11.5 Å². The first kappa shape index (κ1) is 23.0. The number of carbonyl (C=O) groups excluding carboxylic acids is 2. The average Bonchev–Trinajstić information content (AvgIpc) is 2.98. The van der Waals surface area contributed by atoms with Crippen LogP contribution in [0.2, 0.25) is 5.02 Å². The Balaban J connectivity index is 1.81.